The van der Waals surface area contributed by atoms with Crippen LogP contribution in [-0.2, 0) is 9.53 Å². The number of aliphatic hydroxyl groups is 6. The Morgan fingerprint density at radius 2 is 1.09 bits per heavy atom. The SMILES string of the molecule is O=C(O)C(O)C(O)C(OCC(O)CCCCCCCCCCCCCCCCO)C(O)CO. The van der Waals surface area contributed by atoms with Crippen molar-refractivity contribution < 1.29 is 45.3 Å². The van der Waals surface area contributed by atoms with Crippen molar-refractivity contribution in [2.75, 3.05) is 19.8 Å². The minimum atomic E-state index is -2.17. The van der Waals surface area contributed by atoms with Crippen molar-refractivity contribution in [2.45, 2.75) is 127 Å². The van der Waals surface area contributed by atoms with Crippen molar-refractivity contribution >= 4 is 5.97 Å². The summed E-state index contributed by atoms with van der Waals surface area (Å²) < 4.78 is 5.22. The molecule has 7 N–H and O–H groups in total. The summed E-state index contributed by atoms with van der Waals surface area (Å²) in [6.45, 7) is -0.721. The van der Waals surface area contributed by atoms with Gasteiger partial charge in [0.1, 0.15) is 18.3 Å². The van der Waals surface area contributed by atoms with Crippen LogP contribution in [-0.4, -0.2) is 92.1 Å². The summed E-state index contributed by atoms with van der Waals surface area (Å²) in [7, 11) is 0. The van der Waals surface area contributed by atoms with Crippen molar-refractivity contribution in [3.05, 3.63) is 0 Å². The summed E-state index contributed by atoms with van der Waals surface area (Å²) in [4.78, 5) is 10.8. The average Bonchev–Trinajstić information content (AvgIpc) is 2.80. The van der Waals surface area contributed by atoms with E-state index >= 15 is 0 Å². The Morgan fingerprint density at radius 3 is 1.48 bits per heavy atom. The fourth-order valence-electron chi connectivity index (χ4n) is 3.79. The Bertz CT molecular complexity index is 450. The van der Waals surface area contributed by atoms with Gasteiger partial charge in [-0.05, 0) is 12.8 Å². The van der Waals surface area contributed by atoms with Crippen molar-refractivity contribution in [3.8, 4) is 0 Å². The second-order valence-corrected chi connectivity index (χ2v) is 8.94. The Hall–Kier alpha value is -0.810. The van der Waals surface area contributed by atoms with E-state index in [2.05, 4.69) is 0 Å². The van der Waals surface area contributed by atoms with Crippen molar-refractivity contribution in [1.29, 1.82) is 0 Å². The van der Waals surface area contributed by atoms with Gasteiger partial charge in [-0.2, -0.15) is 0 Å². The molecule has 0 rings (SSSR count). The lowest BCUT2D eigenvalue weighted by Crippen LogP contribution is -2.50. The predicted octanol–water partition coefficient (Wildman–Crippen LogP) is 1.74. The third-order valence-electron chi connectivity index (χ3n) is 5.91. The molecule has 198 valence electrons. The van der Waals surface area contributed by atoms with Gasteiger partial charge in [-0.3, -0.25) is 0 Å². The first-order valence-electron chi connectivity index (χ1n) is 12.6. The monoisotopic (exact) mass is 480 g/mol. The van der Waals surface area contributed by atoms with Gasteiger partial charge in [0.2, 0.25) is 0 Å². The first kappa shape index (κ1) is 32.2. The highest BCUT2D eigenvalue weighted by atomic mass is 16.5. The molecule has 5 unspecified atom stereocenters. The lowest BCUT2D eigenvalue weighted by molar-refractivity contribution is -0.175. The lowest BCUT2D eigenvalue weighted by atomic mass is 10.0. The van der Waals surface area contributed by atoms with Gasteiger partial charge in [0.05, 0.1) is 19.3 Å². The summed E-state index contributed by atoms with van der Waals surface area (Å²) in [6.07, 6.45) is 8.59. The molecular weight excluding hydrogens is 432 g/mol. The summed E-state index contributed by atoms with van der Waals surface area (Å²) >= 11 is 0. The number of rotatable bonds is 24. The zero-order chi connectivity index (χ0) is 24.9. The molecule has 0 aromatic heterocycles. The normalized spacial score (nSPS) is 16.3. The summed E-state index contributed by atoms with van der Waals surface area (Å²) in [5.74, 6) is -1.67. The van der Waals surface area contributed by atoms with E-state index in [1.165, 1.54) is 51.4 Å². The highest BCUT2D eigenvalue weighted by Gasteiger charge is 2.36. The maximum Gasteiger partial charge on any atom is 0.335 e. The minimum absolute atomic E-state index is 0.243. The molecule has 0 aromatic carbocycles. The number of hydrogen-bond acceptors (Lipinski definition) is 8. The number of hydrogen-bond donors (Lipinski definition) is 7. The molecule has 0 aliphatic heterocycles. The molecule has 0 saturated carbocycles. The second-order valence-electron chi connectivity index (χ2n) is 8.94. The molecule has 0 radical (unpaired) electrons. The molecule has 5 atom stereocenters. The van der Waals surface area contributed by atoms with E-state index in [0.717, 1.165) is 38.5 Å². The van der Waals surface area contributed by atoms with Gasteiger partial charge >= 0.3 is 5.97 Å². The number of carboxylic acids is 1. The number of aliphatic carboxylic acids is 1. The Balaban J connectivity index is 3.72. The zero-order valence-electron chi connectivity index (χ0n) is 20.1. The number of ether oxygens (including phenoxy) is 1. The molecular formula is C24H48O9. The first-order valence-corrected chi connectivity index (χ1v) is 12.6. The maximum absolute atomic E-state index is 10.8. The van der Waals surface area contributed by atoms with Crippen LogP contribution in [0.5, 0.6) is 0 Å². The van der Waals surface area contributed by atoms with Gasteiger partial charge in [0.15, 0.2) is 6.10 Å². The number of carboxylic acid groups (broad SMARTS) is 1. The van der Waals surface area contributed by atoms with E-state index in [0.29, 0.717) is 13.0 Å². The molecule has 0 aliphatic rings. The van der Waals surface area contributed by atoms with Crippen LogP contribution in [0.15, 0.2) is 0 Å². The molecule has 9 nitrogen and oxygen atoms in total. The largest absolute Gasteiger partial charge is 0.479 e. The van der Waals surface area contributed by atoms with Gasteiger partial charge in [0, 0.05) is 6.61 Å². The Kier molecular flexibility index (Phi) is 21.2. The average molecular weight is 481 g/mol. The fourth-order valence-corrected chi connectivity index (χ4v) is 3.79. The molecule has 0 bridgehead atoms. The van der Waals surface area contributed by atoms with E-state index in [9.17, 15) is 25.2 Å². The van der Waals surface area contributed by atoms with Gasteiger partial charge in [0.25, 0.3) is 0 Å². The quantitative estimate of drug-likeness (QED) is 0.102. The predicted molar refractivity (Wildman–Crippen MR) is 125 cm³/mol. The Morgan fingerprint density at radius 1 is 0.667 bits per heavy atom. The molecule has 0 spiro atoms. The molecule has 0 aliphatic carbocycles. The van der Waals surface area contributed by atoms with Crippen LogP contribution in [0.1, 0.15) is 96.3 Å². The van der Waals surface area contributed by atoms with E-state index in [1.807, 2.05) is 0 Å². The van der Waals surface area contributed by atoms with Crippen LogP contribution in [0, 0.1) is 0 Å². The topological polar surface area (TPSA) is 168 Å². The molecule has 0 saturated heterocycles. The molecule has 0 aromatic rings. The number of unbranched alkanes of at least 4 members (excludes halogenated alkanes) is 13. The molecule has 0 fully saturated rings. The molecule has 33 heavy (non-hydrogen) atoms. The fraction of sp³-hybridized carbons (Fsp3) is 0.958. The van der Waals surface area contributed by atoms with Gasteiger partial charge in [-0.1, -0.05) is 83.5 Å². The van der Waals surface area contributed by atoms with Crippen molar-refractivity contribution in [2.24, 2.45) is 0 Å². The smallest absolute Gasteiger partial charge is 0.335 e. The van der Waals surface area contributed by atoms with Crippen LogP contribution in [0.3, 0.4) is 0 Å². The molecule has 0 amide bonds. The number of aliphatic hydroxyl groups excluding tert-OH is 6. The van der Waals surface area contributed by atoms with Crippen LogP contribution >= 0.6 is 0 Å². The molecule has 9 heteroatoms. The van der Waals surface area contributed by atoms with E-state index in [4.69, 9.17) is 20.1 Å². The van der Waals surface area contributed by atoms with Gasteiger partial charge in [-0.25, -0.2) is 4.79 Å². The lowest BCUT2D eigenvalue weighted by Gasteiger charge is -2.29. The molecule has 0 heterocycles. The number of carbonyl (C=O) groups is 1. The third kappa shape index (κ3) is 17.3. The van der Waals surface area contributed by atoms with Gasteiger partial charge in [-0.15, -0.1) is 0 Å². The highest BCUT2D eigenvalue weighted by Crippen LogP contribution is 2.15. The van der Waals surface area contributed by atoms with Crippen molar-refractivity contribution in [3.63, 3.8) is 0 Å². The minimum Gasteiger partial charge on any atom is -0.479 e. The van der Waals surface area contributed by atoms with Crippen LogP contribution < -0.4 is 0 Å². The Labute approximate surface area is 198 Å². The van der Waals surface area contributed by atoms with Crippen LogP contribution in [0.25, 0.3) is 0 Å². The van der Waals surface area contributed by atoms with E-state index in [-0.39, 0.29) is 6.61 Å². The third-order valence-corrected chi connectivity index (χ3v) is 5.91. The first-order chi connectivity index (χ1) is 15.8. The second kappa shape index (κ2) is 21.7. The zero-order valence-corrected chi connectivity index (χ0v) is 20.1. The van der Waals surface area contributed by atoms with Crippen molar-refractivity contribution in [1.82, 2.24) is 0 Å². The standard InChI is InChI=1S/C24H48O9/c25-16-14-12-10-8-6-4-2-1-3-5-7-9-11-13-15-19(27)18-33-23(20(28)17-26)21(29)22(30)24(31)32/h19-23,25-30H,1-18H2,(H,31,32). The van der Waals surface area contributed by atoms with Crippen LogP contribution in [0.2, 0.25) is 0 Å². The van der Waals surface area contributed by atoms with E-state index < -0.39 is 43.1 Å². The summed E-state index contributed by atoms with van der Waals surface area (Å²) in [5, 5.41) is 65.6. The highest BCUT2D eigenvalue weighted by molar-refractivity contribution is 5.72. The maximum atomic E-state index is 10.8. The van der Waals surface area contributed by atoms with Gasteiger partial charge < -0.3 is 40.5 Å². The van der Waals surface area contributed by atoms with Crippen LogP contribution in [0.4, 0.5) is 0 Å². The van der Waals surface area contributed by atoms with E-state index in [1.54, 1.807) is 0 Å². The summed E-state index contributed by atoms with van der Waals surface area (Å²) in [5.41, 5.74) is 0. The summed E-state index contributed by atoms with van der Waals surface area (Å²) in [6, 6.07) is 0.